The summed E-state index contributed by atoms with van der Waals surface area (Å²) in [4.78, 5) is 15.4. The van der Waals surface area contributed by atoms with Crippen molar-refractivity contribution >= 4 is 17.5 Å². The van der Waals surface area contributed by atoms with Crippen LogP contribution in [0.5, 0.6) is 5.75 Å². The van der Waals surface area contributed by atoms with Crippen LogP contribution in [0.15, 0.2) is 47.0 Å². The number of benzene rings is 2. The van der Waals surface area contributed by atoms with Crippen LogP contribution in [0.4, 0.5) is 4.39 Å². The van der Waals surface area contributed by atoms with Gasteiger partial charge in [-0.3, -0.25) is 9.69 Å². The lowest BCUT2D eigenvalue weighted by atomic mass is 10.0. The SMILES string of the molecule is CCN(CC)C(CNC(=O)c1c(-c2c(F)cccc2Cl)noc1C)c1cccc(OC)c1. The van der Waals surface area contributed by atoms with Crippen molar-refractivity contribution in [1.29, 1.82) is 0 Å². The molecule has 32 heavy (non-hydrogen) atoms. The van der Waals surface area contributed by atoms with Crippen LogP contribution in [0.2, 0.25) is 5.02 Å². The van der Waals surface area contributed by atoms with Crippen molar-refractivity contribution in [3.05, 3.63) is 70.2 Å². The third-order valence-corrected chi connectivity index (χ3v) is 5.79. The molecule has 2 aromatic carbocycles. The van der Waals surface area contributed by atoms with Crippen molar-refractivity contribution in [2.45, 2.75) is 26.8 Å². The molecular formula is C24H27ClFN3O3. The van der Waals surface area contributed by atoms with Crippen molar-refractivity contribution in [1.82, 2.24) is 15.4 Å². The van der Waals surface area contributed by atoms with Gasteiger partial charge in [-0.05, 0) is 49.8 Å². The summed E-state index contributed by atoms with van der Waals surface area (Å²) in [5.74, 6) is 0.0605. The van der Waals surface area contributed by atoms with Gasteiger partial charge in [0.05, 0.1) is 23.7 Å². The maximum Gasteiger partial charge on any atom is 0.257 e. The van der Waals surface area contributed by atoms with Gasteiger partial charge < -0.3 is 14.6 Å². The van der Waals surface area contributed by atoms with Crippen LogP contribution >= 0.6 is 11.6 Å². The summed E-state index contributed by atoms with van der Waals surface area (Å²) in [7, 11) is 1.62. The van der Waals surface area contributed by atoms with Gasteiger partial charge in [0.2, 0.25) is 0 Å². The standard InChI is InChI=1S/C24H27ClFN3O3/c1-5-29(6-2)20(16-9-7-10-17(13-16)31-4)14-27-24(30)21-15(3)32-28-23(21)22-18(25)11-8-12-19(22)26/h7-13,20H,5-6,14H2,1-4H3,(H,27,30). The van der Waals surface area contributed by atoms with E-state index in [4.69, 9.17) is 20.9 Å². The van der Waals surface area contributed by atoms with Crippen LogP contribution < -0.4 is 10.1 Å². The predicted octanol–water partition coefficient (Wildman–Crippen LogP) is 5.26. The normalized spacial score (nSPS) is 12.1. The second-order valence-electron chi connectivity index (χ2n) is 7.28. The highest BCUT2D eigenvalue weighted by Crippen LogP contribution is 2.33. The smallest absolute Gasteiger partial charge is 0.257 e. The van der Waals surface area contributed by atoms with Crippen molar-refractivity contribution in [2.24, 2.45) is 0 Å². The van der Waals surface area contributed by atoms with Gasteiger partial charge in [0.25, 0.3) is 5.91 Å². The molecule has 170 valence electrons. The number of hydrogen-bond donors (Lipinski definition) is 1. The van der Waals surface area contributed by atoms with E-state index < -0.39 is 11.7 Å². The highest BCUT2D eigenvalue weighted by Gasteiger charge is 2.27. The summed E-state index contributed by atoms with van der Waals surface area (Å²) in [6.45, 7) is 7.70. The Morgan fingerprint density at radius 1 is 1.25 bits per heavy atom. The first-order chi connectivity index (χ1) is 15.4. The minimum absolute atomic E-state index is 0.0456. The molecule has 0 radical (unpaired) electrons. The second-order valence-corrected chi connectivity index (χ2v) is 7.69. The van der Waals surface area contributed by atoms with Crippen LogP contribution in [-0.4, -0.2) is 42.7 Å². The number of amides is 1. The van der Waals surface area contributed by atoms with E-state index in [1.807, 2.05) is 24.3 Å². The van der Waals surface area contributed by atoms with Crippen molar-refractivity contribution in [3.8, 4) is 17.0 Å². The van der Waals surface area contributed by atoms with E-state index in [0.717, 1.165) is 24.4 Å². The van der Waals surface area contributed by atoms with E-state index >= 15 is 0 Å². The number of carbonyl (C=O) groups is 1. The minimum Gasteiger partial charge on any atom is -0.497 e. The molecule has 3 aromatic rings. The van der Waals surface area contributed by atoms with Gasteiger partial charge in [-0.1, -0.05) is 48.8 Å². The Morgan fingerprint density at radius 3 is 2.62 bits per heavy atom. The summed E-state index contributed by atoms with van der Waals surface area (Å²) >= 11 is 6.19. The largest absolute Gasteiger partial charge is 0.497 e. The lowest BCUT2D eigenvalue weighted by Crippen LogP contribution is -2.38. The second kappa shape index (κ2) is 10.6. The van der Waals surface area contributed by atoms with E-state index in [9.17, 15) is 9.18 Å². The summed E-state index contributed by atoms with van der Waals surface area (Å²) in [5, 5.41) is 7.05. The van der Waals surface area contributed by atoms with Crippen LogP contribution in [0.3, 0.4) is 0 Å². The summed E-state index contributed by atoms with van der Waals surface area (Å²) < 4.78 is 25.1. The number of aryl methyl sites for hydroxylation is 1. The fourth-order valence-electron chi connectivity index (χ4n) is 3.78. The van der Waals surface area contributed by atoms with Crippen LogP contribution in [0, 0.1) is 12.7 Å². The summed E-state index contributed by atoms with van der Waals surface area (Å²) in [5.41, 5.74) is 1.32. The predicted molar refractivity (Wildman–Crippen MR) is 123 cm³/mol. The van der Waals surface area contributed by atoms with Crippen LogP contribution in [0.1, 0.15) is 41.6 Å². The Balaban J connectivity index is 1.90. The third-order valence-electron chi connectivity index (χ3n) is 5.48. The molecule has 1 N–H and O–H groups in total. The molecule has 0 saturated carbocycles. The van der Waals surface area contributed by atoms with Gasteiger partial charge in [-0.2, -0.15) is 0 Å². The fourth-order valence-corrected chi connectivity index (χ4v) is 4.04. The van der Waals surface area contributed by atoms with E-state index in [-0.39, 0.29) is 33.6 Å². The number of nitrogens with zero attached hydrogens (tertiary/aromatic N) is 2. The number of carbonyl (C=O) groups excluding carboxylic acids is 1. The van der Waals surface area contributed by atoms with Gasteiger partial charge in [0.1, 0.15) is 28.6 Å². The zero-order chi connectivity index (χ0) is 23.3. The van der Waals surface area contributed by atoms with Gasteiger partial charge in [0.15, 0.2) is 0 Å². The van der Waals surface area contributed by atoms with E-state index in [2.05, 4.69) is 29.2 Å². The number of aromatic nitrogens is 1. The molecule has 1 atom stereocenters. The molecule has 0 aliphatic carbocycles. The summed E-state index contributed by atoms with van der Waals surface area (Å²) in [6, 6.07) is 12.0. The molecule has 6 nitrogen and oxygen atoms in total. The molecule has 0 aliphatic rings. The van der Waals surface area contributed by atoms with Crippen molar-refractivity contribution < 1.29 is 18.4 Å². The zero-order valence-electron chi connectivity index (χ0n) is 18.6. The number of nitrogens with one attached hydrogen (secondary N) is 1. The molecule has 0 saturated heterocycles. The number of ether oxygens (including phenoxy) is 1. The lowest BCUT2D eigenvalue weighted by molar-refractivity contribution is 0.0934. The van der Waals surface area contributed by atoms with Crippen molar-refractivity contribution in [3.63, 3.8) is 0 Å². The number of rotatable bonds is 9. The topological polar surface area (TPSA) is 67.6 Å². The highest BCUT2D eigenvalue weighted by molar-refractivity contribution is 6.33. The molecule has 1 amide bonds. The van der Waals surface area contributed by atoms with Crippen LogP contribution in [0.25, 0.3) is 11.3 Å². The van der Waals surface area contributed by atoms with Crippen molar-refractivity contribution in [2.75, 3.05) is 26.7 Å². The Morgan fingerprint density at radius 2 is 1.97 bits per heavy atom. The average molecular weight is 460 g/mol. The number of hydrogen-bond acceptors (Lipinski definition) is 5. The van der Waals surface area contributed by atoms with E-state index in [1.54, 1.807) is 20.1 Å². The highest BCUT2D eigenvalue weighted by atomic mass is 35.5. The Labute approximate surface area is 192 Å². The first-order valence-electron chi connectivity index (χ1n) is 10.5. The molecule has 0 spiro atoms. The maximum absolute atomic E-state index is 14.5. The van der Waals surface area contributed by atoms with E-state index in [0.29, 0.717) is 6.54 Å². The number of likely N-dealkylation sites (N-methyl/N-ethyl adjacent to an activating group) is 1. The molecule has 1 heterocycles. The molecular weight excluding hydrogens is 433 g/mol. The number of halogens is 2. The Bertz CT molecular complexity index is 1060. The van der Waals surface area contributed by atoms with Gasteiger partial charge in [-0.25, -0.2) is 4.39 Å². The molecule has 0 aliphatic heterocycles. The lowest BCUT2D eigenvalue weighted by Gasteiger charge is -2.30. The molecule has 1 aromatic heterocycles. The summed E-state index contributed by atoms with van der Waals surface area (Å²) in [6.07, 6.45) is 0. The Kier molecular flexibility index (Phi) is 7.88. The molecule has 3 rings (SSSR count). The first kappa shape index (κ1) is 23.8. The first-order valence-corrected chi connectivity index (χ1v) is 10.9. The number of methoxy groups -OCH3 is 1. The maximum atomic E-state index is 14.5. The molecule has 1 unspecified atom stereocenters. The van der Waals surface area contributed by atoms with E-state index in [1.165, 1.54) is 12.1 Å². The third kappa shape index (κ3) is 4.95. The molecule has 8 heteroatoms. The quantitative estimate of drug-likeness (QED) is 0.472. The Hall–Kier alpha value is -2.90. The average Bonchev–Trinajstić information content (AvgIpc) is 3.17. The fraction of sp³-hybridized carbons (Fsp3) is 0.333. The van der Waals surface area contributed by atoms with Gasteiger partial charge in [-0.15, -0.1) is 0 Å². The molecule has 0 bridgehead atoms. The van der Waals surface area contributed by atoms with Gasteiger partial charge >= 0.3 is 0 Å². The zero-order valence-corrected chi connectivity index (χ0v) is 19.4. The van der Waals surface area contributed by atoms with Gasteiger partial charge in [0, 0.05) is 6.54 Å². The van der Waals surface area contributed by atoms with Crippen LogP contribution in [-0.2, 0) is 0 Å². The monoisotopic (exact) mass is 459 g/mol. The molecule has 0 fully saturated rings. The minimum atomic E-state index is -0.572.